The Morgan fingerprint density at radius 1 is 1.69 bits per heavy atom. The smallest absolute Gasteiger partial charge is 0.153 e. The molecule has 7 nitrogen and oxygen atoms in total. The summed E-state index contributed by atoms with van der Waals surface area (Å²) in [6, 6.07) is 0. The lowest BCUT2D eigenvalue weighted by molar-refractivity contribution is 0.305. The van der Waals surface area contributed by atoms with E-state index in [2.05, 4.69) is 22.2 Å². The van der Waals surface area contributed by atoms with Crippen molar-refractivity contribution in [3.63, 3.8) is 0 Å². The number of hydrogen-bond acceptors (Lipinski definition) is 5. The molecule has 0 amide bonds. The van der Waals surface area contributed by atoms with Crippen molar-refractivity contribution < 1.29 is 5.21 Å². The highest BCUT2D eigenvalue weighted by molar-refractivity contribution is 5.81. The van der Waals surface area contributed by atoms with Gasteiger partial charge >= 0.3 is 0 Å². The van der Waals surface area contributed by atoms with Crippen LogP contribution in [0.25, 0.3) is 0 Å². The van der Waals surface area contributed by atoms with Gasteiger partial charge in [0.2, 0.25) is 0 Å². The number of oxime groups is 1. The lowest BCUT2D eigenvalue weighted by Crippen LogP contribution is -2.31. The van der Waals surface area contributed by atoms with Crippen LogP contribution in [0.2, 0.25) is 0 Å². The molecule has 1 rings (SSSR count). The molecule has 1 aromatic rings. The van der Waals surface area contributed by atoms with Crippen LogP contribution in [0.5, 0.6) is 0 Å². The van der Waals surface area contributed by atoms with Crippen LogP contribution in [0, 0.1) is 0 Å². The molecule has 0 aliphatic carbocycles. The third-order valence-corrected chi connectivity index (χ3v) is 2.10. The van der Waals surface area contributed by atoms with Crippen LogP contribution in [-0.4, -0.2) is 44.3 Å². The van der Waals surface area contributed by atoms with Crippen molar-refractivity contribution in [2.45, 2.75) is 26.4 Å². The van der Waals surface area contributed by atoms with Crippen LogP contribution in [0.3, 0.4) is 0 Å². The van der Waals surface area contributed by atoms with E-state index in [0.29, 0.717) is 13.1 Å². The number of likely N-dealkylation sites (N-methyl/N-ethyl adjacent to an activating group) is 1. The molecular formula is C9H18N6O. The van der Waals surface area contributed by atoms with Crippen LogP contribution in [0.15, 0.2) is 11.5 Å². The van der Waals surface area contributed by atoms with Crippen LogP contribution in [0.1, 0.15) is 19.2 Å². The third-order valence-electron chi connectivity index (χ3n) is 2.10. The van der Waals surface area contributed by atoms with E-state index in [9.17, 15) is 0 Å². The summed E-state index contributed by atoms with van der Waals surface area (Å²) in [4.78, 5) is 6.08. The minimum Gasteiger partial charge on any atom is -0.409 e. The molecule has 1 aromatic heterocycles. The summed E-state index contributed by atoms with van der Waals surface area (Å²) < 4.78 is 1.86. The maximum Gasteiger partial charge on any atom is 0.153 e. The number of rotatable bonds is 6. The van der Waals surface area contributed by atoms with Crippen molar-refractivity contribution in [1.82, 2.24) is 19.7 Å². The van der Waals surface area contributed by atoms with Gasteiger partial charge in [-0.2, -0.15) is 5.10 Å². The molecule has 0 fully saturated rings. The maximum absolute atomic E-state index is 8.45. The second-order valence-electron chi connectivity index (χ2n) is 3.66. The molecule has 90 valence electrons. The van der Waals surface area contributed by atoms with E-state index in [4.69, 9.17) is 10.9 Å². The molecule has 7 heteroatoms. The number of hydrogen-bond donors (Lipinski definition) is 2. The minimum atomic E-state index is 0.184. The molecular weight excluding hydrogens is 208 g/mol. The summed E-state index contributed by atoms with van der Waals surface area (Å²) in [7, 11) is 1.88. The van der Waals surface area contributed by atoms with Crippen molar-refractivity contribution in [2.24, 2.45) is 10.9 Å². The van der Waals surface area contributed by atoms with E-state index in [-0.39, 0.29) is 5.84 Å². The third kappa shape index (κ3) is 3.50. The quantitative estimate of drug-likeness (QED) is 0.305. The van der Waals surface area contributed by atoms with Crippen molar-refractivity contribution in [1.29, 1.82) is 0 Å². The van der Waals surface area contributed by atoms with Crippen LogP contribution in [0.4, 0.5) is 0 Å². The number of amidine groups is 1. The number of nitrogens with two attached hydrogens (primary N) is 1. The second kappa shape index (κ2) is 6.06. The Balaban J connectivity index is 2.55. The fourth-order valence-corrected chi connectivity index (χ4v) is 1.41. The van der Waals surface area contributed by atoms with Gasteiger partial charge in [-0.25, -0.2) is 9.67 Å². The number of aryl methyl sites for hydroxylation is 1. The zero-order chi connectivity index (χ0) is 12.0. The van der Waals surface area contributed by atoms with Crippen molar-refractivity contribution in [3.8, 4) is 0 Å². The Bertz CT molecular complexity index is 348. The van der Waals surface area contributed by atoms with Crippen LogP contribution < -0.4 is 5.73 Å². The lowest BCUT2D eigenvalue weighted by atomic mass is 10.4. The van der Waals surface area contributed by atoms with E-state index < -0.39 is 0 Å². The number of nitrogens with zero attached hydrogens (tertiary/aromatic N) is 5. The summed E-state index contributed by atoms with van der Waals surface area (Å²) >= 11 is 0. The van der Waals surface area contributed by atoms with E-state index in [1.165, 1.54) is 0 Å². The molecule has 3 N–H and O–H groups in total. The standard InChI is InChI=1S/C9H18N6O/c1-3-4-15-9(11-7-12-15)6-14(2)5-8(10)13-16/h7,16H,3-6H2,1-2H3,(H2,10,13). The van der Waals surface area contributed by atoms with E-state index in [0.717, 1.165) is 18.8 Å². The van der Waals surface area contributed by atoms with Gasteiger partial charge in [0.1, 0.15) is 12.2 Å². The molecule has 0 aliphatic rings. The van der Waals surface area contributed by atoms with Crippen LogP contribution in [-0.2, 0) is 13.1 Å². The molecule has 0 aromatic carbocycles. The minimum absolute atomic E-state index is 0.184. The fraction of sp³-hybridized carbons (Fsp3) is 0.667. The first-order valence-electron chi connectivity index (χ1n) is 5.19. The van der Waals surface area contributed by atoms with Gasteiger partial charge in [-0.3, -0.25) is 4.90 Å². The van der Waals surface area contributed by atoms with Gasteiger partial charge < -0.3 is 10.9 Å². The van der Waals surface area contributed by atoms with Crippen molar-refractivity contribution >= 4 is 5.84 Å². The van der Waals surface area contributed by atoms with Gasteiger partial charge in [-0.15, -0.1) is 0 Å². The summed E-state index contributed by atoms with van der Waals surface area (Å²) in [5.74, 6) is 1.07. The van der Waals surface area contributed by atoms with E-state index in [1.807, 2.05) is 16.6 Å². The number of aromatic nitrogens is 3. The fourth-order valence-electron chi connectivity index (χ4n) is 1.41. The highest BCUT2D eigenvalue weighted by atomic mass is 16.4. The zero-order valence-electron chi connectivity index (χ0n) is 9.67. The highest BCUT2D eigenvalue weighted by Gasteiger charge is 2.08. The van der Waals surface area contributed by atoms with Gasteiger partial charge in [0.05, 0.1) is 13.1 Å². The average molecular weight is 226 g/mol. The molecule has 0 spiro atoms. The first kappa shape index (κ1) is 12.4. The Morgan fingerprint density at radius 2 is 2.44 bits per heavy atom. The predicted molar refractivity (Wildman–Crippen MR) is 60.1 cm³/mol. The summed E-state index contributed by atoms with van der Waals surface area (Å²) in [6.07, 6.45) is 2.56. The van der Waals surface area contributed by atoms with Crippen molar-refractivity contribution in [3.05, 3.63) is 12.2 Å². The molecule has 0 saturated heterocycles. The van der Waals surface area contributed by atoms with E-state index in [1.54, 1.807) is 6.33 Å². The zero-order valence-corrected chi connectivity index (χ0v) is 9.67. The monoisotopic (exact) mass is 226 g/mol. The Hall–Kier alpha value is -1.63. The molecule has 1 heterocycles. The molecule has 0 atom stereocenters. The summed E-state index contributed by atoms with van der Waals surface area (Å²) in [5, 5.41) is 15.5. The normalized spacial score (nSPS) is 12.3. The van der Waals surface area contributed by atoms with Gasteiger partial charge in [0.15, 0.2) is 5.84 Å². The van der Waals surface area contributed by atoms with Crippen molar-refractivity contribution in [2.75, 3.05) is 13.6 Å². The topological polar surface area (TPSA) is 92.6 Å². The molecule has 0 saturated carbocycles. The molecule has 0 unspecified atom stereocenters. The molecule has 16 heavy (non-hydrogen) atoms. The Morgan fingerprint density at radius 3 is 3.06 bits per heavy atom. The van der Waals surface area contributed by atoms with Crippen LogP contribution >= 0.6 is 0 Å². The van der Waals surface area contributed by atoms with E-state index >= 15 is 0 Å². The SMILES string of the molecule is CCCn1ncnc1CN(C)CC(N)=NO. The second-order valence-corrected chi connectivity index (χ2v) is 3.66. The molecule has 0 bridgehead atoms. The lowest BCUT2D eigenvalue weighted by Gasteiger charge is -2.15. The summed E-state index contributed by atoms with van der Waals surface area (Å²) in [6.45, 7) is 3.96. The van der Waals surface area contributed by atoms with Gasteiger partial charge in [-0.1, -0.05) is 12.1 Å². The molecule has 0 radical (unpaired) electrons. The average Bonchev–Trinajstić information content (AvgIpc) is 2.66. The predicted octanol–water partition coefficient (Wildman–Crippen LogP) is -0.134. The van der Waals surface area contributed by atoms with Gasteiger partial charge in [0, 0.05) is 6.54 Å². The largest absolute Gasteiger partial charge is 0.409 e. The van der Waals surface area contributed by atoms with Gasteiger partial charge in [0.25, 0.3) is 0 Å². The Kier molecular flexibility index (Phi) is 4.71. The Labute approximate surface area is 94.6 Å². The maximum atomic E-state index is 8.45. The van der Waals surface area contributed by atoms with Gasteiger partial charge in [-0.05, 0) is 13.5 Å². The first-order valence-corrected chi connectivity index (χ1v) is 5.19. The highest BCUT2D eigenvalue weighted by Crippen LogP contribution is 2.00. The summed E-state index contributed by atoms with van der Waals surface area (Å²) in [5.41, 5.74) is 5.42. The first-order chi connectivity index (χ1) is 7.67. The molecule has 0 aliphatic heterocycles.